The van der Waals surface area contributed by atoms with E-state index in [0.29, 0.717) is 18.6 Å². The minimum absolute atomic E-state index is 0.0306. The maximum absolute atomic E-state index is 13.0. The zero-order chi connectivity index (χ0) is 24.1. The minimum Gasteiger partial charge on any atom is -0.504 e. The number of likely N-dealkylation sites (tertiary alicyclic amines) is 1. The van der Waals surface area contributed by atoms with E-state index in [1.54, 1.807) is 13.0 Å². The Morgan fingerprint density at radius 1 is 1.39 bits per heavy atom. The summed E-state index contributed by atoms with van der Waals surface area (Å²) in [5.74, 6) is -0.328. The van der Waals surface area contributed by atoms with Gasteiger partial charge in [-0.3, -0.25) is 9.59 Å². The molecule has 3 aliphatic rings. The van der Waals surface area contributed by atoms with Crippen molar-refractivity contribution in [2.45, 2.75) is 75.7 Å². The van der Waals surface area contributed by atoms with Crippen LogP contribution < -0.4 is 10.5 Å². The lowest BCUT2D eigenvalue weighted by molar-refractivity contribution is -0.154. The Labute approximate surface area is 194 Å². The number of fused-ring (bicyclic) bond motifs is 1. The Bertz CT molecular complexity index is 1010. The fourth-order valence-corrected chi connectivity index (χ4v) is 5.98. The second kappa shape index (κ2) is 8.42. The van der Waals surface area contributed by atoms with E-state index in [1.807, 2.05) is 33.0 Å². The molecule has 33 heavy (non-hydrogen) atoms. The van der Waals surface area contributed by atoms with Crippen molar-refractivity contribution in [2.75, 3.05) is 20.1 Å². The van der Waals surface area contributed by atoms with Gasteiger partial charge in [-0.1, -0.05) is 12.1 Å². The van der Waals surface area contributed by atoms with Gasteiger partial charge >= 0.3 is 5.97 Å². The average Bonchev–Trinajstić information content (AvgIpc) is 3.13. The van der Waals surface area contributed by atoms with E-state index in [-0.39, 0.29) is 37.0 Å². The molecule has 0 amide bonds. The molecule has 180 valence electrons. The Morgan fingerprint density at radius 2 is 2.12 bits per heavy atom. The first-order valence-corrected chi connectivity index (χ1v) is 11.6. The van der Waals surface area contributed by atoms with Crippen molar-refractivity contribution in [1.82, 2.24) is 4.90 Å². The number of carbonyl (C=O) groups excluding carboxylic acids is 2. The highest BCUT2D eigenvalue weighted by atomic mass is 16.5. The van der Waals surface area contributed by atoms with Crippen LogP contribution in [0.15, 0.2) is 23.8 Å². The number of nitrogens with zero attached hydrogens (tertiary/aromatic N) is 1. The molecule has 1 aliphatic carbocycles. The number of nitrogens with two attached hydrogens (primary N) is 1. The van der Waals surface area contributed by atoms with Gasteiger partial charge in [0.1, 0.15) is 6.10 Å². The van der Waals surface area contributed by atoms with Crippen LogP contribution >= 0.6 is 0 Å². The number of ketones is 1. The molecule has 0 bridgehead atoms. The summed E-state index contributed by atoms with van der Waals surface area (Å²) in [4.78, 5) is 26.9. The number of hydrogen-bond donors (Lipinski definition) is 3. The SMILES string of the molecule is Cc1ccc(O)c2c1C13CCN(C)C(C)C1(O)CC=C(CC(=O)C(C)OC(=O)CCN)C3O2. The lowest BCUT2D eigenvalue weighted by atomic mass is 9.53. The average molecular weight is 459 g/mol. The largest absolute Gasteiger partial charge is 0.504 e. The zero-order valence-electron chi connectivity index (χ0n) is 19.8. The molecule has 2 heterocycles. The Hall–Kier alpha value is -2.42. The molecule has 1 saturated heterocycles. The normalized spacial score (nSPS) is 31.5. The van der Waals surface area contributed by atoms with Crippen LogP contribution in [-0.4, -0.2) is 70.9 Å². The van der Waals surface area contributed by atoms with Crippen molar-refractivity contribution in [3.8, 4) is 11.5 Å². The molecule has 8 heteroatoms. The number of hydrogen-bond acceptors (Lipinski definition) is 8. The van der Waals surface area contributed by atoms with Crippen LogP contribution in [0.1, 0.15) is 50.7 Å². The Kier molecular flexibility index (Phi) is 6.05. The summed E-state index contributed by atoms with van der Waals surface area (Å²) in [6.45, 7) is 6.44. The summed E-state index contributed by atoms with van der Waals surface area (Å²) in [5.41, 5.74) is 5.98. The fourth-order valence-electron chi connectivity index (χ4n) is 5.98. The summed E-state index contributed by atoms with van der Waals surface area (Å²) >= 11 is 0. The van der Waals surface area contributed by atoms with Gasteiger partial charge in [-0.15, -0.1) is 0 Å². The van der Waals surface area contributed by atoms with Crippen molar-refractivity contribution >= 4 is 11.8 Å². The third-order valence-corrected chi connectivity index (χ3v) is 7.96. The molecule has 0 saturated carbocycles. The third kappa shape index (κ3) is 3.47. The monoisotopic (exact) mass is 458 g/mol. The Morgan fingerprint density at radius 3 is 2.82 bits per heavy atom. The van der Waals surface area contributed by atoms with Crippen molar-refractivity contribution in [1.29, 1.82) is 0 Å². The molecule has 8 nitrogen and oxygen atoms in total. The molecule has 0 aromatic heterocycles. The summed E-state index contributed by atoms with van der Waals surface area (Å²) in [7, 11) is 2.00. The highest BCUT2D eigenvalue weighted by molar-refractivity contribution is 5.87. The third-order valence-electron chi connectivity index (χ3n) is 7.96. The summed E-state index contributed by atoms with van der Waals surface area (Å²) in [6.07, 6.45) is 1.47. The van der Waals surface area contributed by atoms with Crippen LogP contribution in [0.4, 0.5) is 0 Å². The second-order valence-electron chi connectivity index (χ2n) is 9.70. The first-order valence-electron chi connectivity index (χ1n) is 11.6. The standard InChI is InChI=1S/C25H34N2O6/c1-14-5-6-18(28)22-21(14)24-10-12-27(4)16(3)25(24,31)9-7-17(23(24)33-22)13-19(29)15(2)32-20(30)8-11-26/h5-7,15-16,23,28,31H,8-13,26H2,1-4H3. The van der Waals surface area contributed by atoms with Crippen molar-refractivity contribution in [3.63, 3.8) is 0 Å². The van der Waals surface area contributed by atoms with E-state index in [1.165, 1.54) is 0 Å². The minimum atomic E-state index is -1.14. The van der Waals surface area contributed by atoms with Gasteiger partial charge in [0.2, 0.25) is 0 Å². The van der Waals surface area contributed by atoms with E-state index in [9.17, 15) is 19.8 Å². The molecule has 1 aromatic carbocycles. The molecule has 5 unspecified atom stereocenters. The molecule has 1 spiro atoms. The number of Topliss-reactive ketones (excluding diaryl/α,β-unsaturated/α-hetero) is 1. The predicted molar refractivity (Wildman–Crippen MR) is 122 cm³/mol. The van der Waals surface area contributed by atoms with Crippen molar-refractivity contribution in [2.24, 2.45) is 5.73 Å². The molecule has 4 N–H and O–H groups in total. The number of ether oxygens (including phenoxy) is 2. The fraction of sp³-hybridized carbons (Fsp3) is 0.600. The van der Waals surface area contributed by atoms with Crippen LogP contribution in [-0.2, 0) is 19.7 Å². The van der Waals surface area contributed by atoms with Gasteiger partial charge in [0.25, 0.3) is 0 Å². The summed E-state index contributed by atoms with van der Waals surface area (Å²) in [5, 5.41) is 22.8. The molecule has 4 rings (SSSR count). The molecule has 5 atom stereocenters. The van der Waals surface area contributed by atoms with Crippen LogP contribution in [0, 0.1) is 6.92 Å². The molecule has 0 radical (unpaired) electrons. The van der Waals surface area contributed by atoms with Gasteiger partial charge in [-0.2, -0.15) is 0 Å². The first-order chi connectivity index (χ1) is 15.6. The number of benzene rings is 1. The molecule has 1 fully saturated rings. The zero-order valence-corrected chi connectivity index (χ0v) is 19.8. The van der Waals surface area contributed by atoms with Gasteiger partial charge < -0.3 is 30.3 Å². The molecular formula is C25H34N2O6. The number of phenolic OH excluding ortho intramolecular Hbond substituents is 1. The maximum atomic E-state index is 13.0. The van der Waals surface area contributed by atoms with Crippen molar-refractivity contribution in [3.05, 3.63) is 34.9 Å². The predicted octanol–water partition coefficient (Wildman–Crippen LogP) is 1.72. The van der Waals surface area contributed by atoms with E-state index in [2.05, 4.69) is 4.90 Å². The number of piperidine rings is 1. The highest BCUT2D eigenvalue weighted by Crippen LogP contribution is 2.62. The lowest BCUT2D eigenvalue weighted by Gasteiger charge is -2.59. The van der Waals surface area contributed by atoms with E-state index < -0.39 is 29.2 Å². The van der Waals surface area contributed by atoms with Gasteiger partial charge in [-0.25, -0.2) is 0 Å². The smallest absolute Gasteiger partial charge is 0.307 e. The van der Waals surface area contributed by atoms with Crippen LogP contribution in [0.2, 0.25) is 0 Å². The van der Waals surface area contributed by atoms with Crippen LogP contribution in [0.25, 0.3) is 0 Å². The number of aryl methyl sites for hydroxylation is 1. The van der Waals surface area contributed by atoms with Crippen molar-refractivity contribution < 1.29 is 29.3 Å². The first kappa shape index (κ1) is 23.7. The molecule has 1 aromatic rings. The number of carbonyl (C=O) groups is 2. The Balaban J connectivity index is 1.73. The number of likely N-dealkylation sites (N-methyl/N-ethyl adjacent to an activating group) is 1. The number of aliphatic hydroxyl groups is 1. The van der Waals surface area contributed by atoms with Gasteiger partial charge in [0.15, 0.2) is 23.4 Å². The van der Waals surface area contributed by atoms with Gasteiger partial charge in [-0.05, 0) is 64.4 Å². The number of esters is 1. The van der Waals surface area contributed by atoms with E-state index >= 15 is 0 Å². The lowest BCUT2D eigenvalue weighted by Crippen LogP contribution is -2.71. The van der Waals surface area contributed by atoms with Crippen LogP contribution in [0.5, 0.6) is 11.5 Å². The highest BCUT2D eigenvalue weighted by Gasteiger charge is 2.68. The topological polar surface area (TPSA) is 122 Å². The maximum Gasteiger partial charge on any atom is 0.307 e. The number of aromatic hydroxyl groups is 1. The van der Waals surface area contributed by atoms with Gasteiger partial charge in [0, 0.05) is 24.6 Å². The summed E-state index contributed by atoms with van der Waals surface area (Å²) in [6, 6.07) is 3.29. The summed E-state index contributed by atoms with van der Waals surface area (Å²) < 4.78 is 11.6. The van der Waals surface area contributed by atoms with E-state index in [4.69, 9.17) is 15.2 Å². The quantitative estimate of drug-likeness (QED) is 0.435. The number of phenols is 1. The molecular weight excluding hydrogens is 424 g/mol. The van der Waals surface area contributed by atoms with E-state index in [0.717, 1.165) is 23.2 Å². The van der Waals surface area contributed by atoms with Crippen LogP contribution in [0.3, 0.4) is 0 Å². The number of rotatable bonds is 6. The van der Waals surface area contributed by atoms with Gasteiger partial charge in [0.05, 0.1) is 17.4 Å². The second-order valence-corrected chi connectivity index (χ2v) is 9.70. The molecule has 2 aliphatic heterocycles.